The van der Waals surface area contributed by atoms with Crippen molar-refractivity contribution in [3.63, 3.8) is 0 Å². The molecule has 7 nitrogen and oxygen atoms in total. The monoisotopic (exact) mass is 437 g/mol. The van der Waals surface area contributed by atoms with Crippen LogP contribution in [0.15, 0.2) is 53.7 Å². The van der Waals surface area contributed by atoms with Crippen LogP contribution in [0, 0.1) is 19.8 Å². The normalized spacial score (nSPS) is 10.9. The summed E-state index contributed by atoms with van der Waals surface area (Å²) in [6.45, 7) is 7.93. The van der Waals surface area contributed by atoms with Crippen molar-refractivity contribution in [1.29, 1.82) is 0 Å². The van der Waals surface area contributed by atoms with Gasteiger partial charge in [0, 0.05) is 23.5 Å². The molecule has 31 heavy (non-hydrogen) atoms. The van der Waals surface area contributed by atoms with Crippen molar-refractivity contribution in [2.75, 3.05) is 16.4 Å². The molecule has 0 spiro atoms. The van der Waals surface area contributed by atoms with Gasteiger partial charge in [0.05, 0.1) is 5.75 Å². The number of carbonyl (C=O) groups excluding carboxylic acids is 2. The zero-order valence-corrected chi connectivity index (χ0v) is 19.0. The van der Waals surface area contributed by atoms with E-state index in [-0.39, 0.29) is 17.6 Å². The summed E-state index contributed by atoms with van der Waals surface area (Å²) >= 11 is 1.33. The number of hydrogen-bond acceptors (Lipinski definition) is 5. The number of aryl methyl sites for hydroxylation is 2. The lowest BCUT2D eigenvalue weighted by Gasteiger charge is -2.10. The number of carbonyl (C=O) groups is 2. The molecule has 0 aliphatic heterocycles. The Morgan fingerprint density at radius 2 is 1.48 bits per heavy atom. The second kappa shape index (κ2) is 10.3. The highest BCUT2D eigenvalue weighted by Crippen LogP contribution is 2.22. The van der Waals surface area contributed by atoms with E-state index < -0.39 is 0 Å². The van der Waals surface area contributed by atoms with Crippen LogP contribution >= 0.6 is 11.8 Å². The Morgan fingerprint density at radius 3 is 2.06 bits per heavy atom. The van der Waals surface area contributed by atoms with Gasteiger partial charge in [-0.15, -0.1) is 10.2 Å². The third-order valence-corrected chi connectivity index (χ3v) is 5.39. The first-order valence-corrected chi connectivity index (χ1v) is 11.1. The van der Waals surface area contributed by atoms with Crippen LogP contribution in [0.5, 0.6) is 0 Å². The topological polar surface area (TPSA) is 88.9 Å². The molecule has 0 aliphatic carbocycles. The summed E-state index contributed by atoms with van der Waals surface area (Å²) in [6, 6.07) is 15.2. The number of aromatic nitrogens is 3. The lowest BCUT2D eigenvalue weighted by Crippen LogP contribution is -2.15. The molecule has 0 aliphatic rings. The lowest BCUT2D eigenvalue weighted by atomic mass is 10.1. The van der Waals surface area contributed by atoms with Crippen molar-refractivity contribution < 1.29 is 9.59 Å². The molecule has 0 bridgehead atoms. The van der Waals surface area contributed by atoms with Crippen molar-refractivity contribution >= 4 is 35.0 Å². The molecule has 3 aromatic rings. The highest BCUT2D eigenvalue weighted by Gasteiger charge is 2.13. The van der Waals surface area contributed by atoms with E-state index in [1.807, 2.05) is 56.5 Å². The standard InChI is InChI=1S/C23H27N5O2S/c1-15(2)13-21(29)24-18-7-9-19(10-8-18)25-22(30)14-31-23-27-26-17(4)28(23)20-11-5-16(3)6-12-20/h5-12,15H,13-14H2,1-4H3,(H,24,29)(H,25,30). The first-order chi connectivity index (χ1) is 14.8. The van der Waals surface area contributed by atoms with E-state index in [1.54, 1.807) is 24.3 Å². The van der Waals surface area contributed by atoms with Crippen molar-refractivity contribution in [3.8, 4) is 5.69 Å². The Bertz CT molecular complexity index is 1040. The highest BCUT2D eigenvalue weighted by molar-refractivity contribution is 7.99. The third kappa shape index (κ3) is 6.42. The molecule has 0 fully saturated rings. The minimum absolute atomic E-state index is 0.0174. The van der Waals surface area contributed by atoms with E-state index in [9.17, 15) is 9.59 Å². The molecule has 2 amide bonds. The molecule has 162 valence electrons. The molecule has 2 N–H and O–H groups in total. The minimum atomic E-state index is -0.141. The number of thioether (sulfide) groups is 1. The first kappa shape index (κ1) is 22.6. The molecule has 1 heterocycles. The maximum atomic E-state index is 12.4. The van der Waals surface area contributed by atoms with Crippen LogP contribution in [-0.4, -0.2) is 32.3 Å². The number of anilines is 2. The van der Waals surface area contributed by atoms with Gasteiger partial charge in [-0.1, -0.05) is 43.3 Å². The molecule has 0 unspecified atom stereocenters. The van der Waals surface area contributed by atoms with Crippen LogP contribution in [-0.2, 0) is 9.59 Å². The van der Waals surface area contributed by atoms with Gasteiger partial charge in [0.15, 0.2) is 5.16 Å². The second-order valence-electron chi connectivity index (χ2n) is 7.76. The molecule has 2 aromatic carbocycles. The van der Waals surface area contributed by atoms with E-state index >= 15 is 0 Å². The molecule has 3 rings (SSSR count). The number of amides is 2. The summed E-state index contributed by atoms with van der Waals surface area (Å²) in [6.07, 6.45) is 0.475. The van der Waals surface area contributed by atoms with Gasteiger partial charge in [-0.05, 0) is 56.2 Å². The van der Waals surface area contributed by atoms with Gasteiger partial charge < -0.3 is 10.6 Å². The number of nitrogens with zero attached hydrogens (tertiary/aromatic N) is 3. The van der Waals surface area contributed by atoms with E-state index in [1.165, 1.54) is 17.3 Å². The Morgan fingerprint density at radius 1 is 0.903 bits per heavy atom. The fourth-order valence-electron chi connectivity index (χ4n) is 2.97. The SMILES string of the molecule is Cc1ccc(-n2c(C)nnc2SCC(=O)Nc2ccc(NC(=O)CC(C)C)cc2)cc1. The molecule has 1 aromatic heterocycles. The maximum Gasteiger partial charge on any atom is 0.234 e. The zero-order chi connectivity index (χ0) is 22.4. The highest BCUT2D eigenvalue weighted by atomic mass is 32.2. The summed E-state index contributed by atoms with van der Waals surface area (Å²) in [5.74, 6) is 1.11. The van der Waals surface area contributed by atoms with Crippen molar-refractivity contribution in [1.82, 2.24) is 14.8 Å². The number of nitrogens with one attached hydrogen (secondary N) is 2. The van der Waals surface area contributed by atoms with Gasteiger partial charge in [0.1, 0.15) is 5.82 Å². The van der Waals surface area contributed by atoms with Crippen molar-refractivity contribution in [2.45, 2.75) is 39.3 Å². The largest absolute Gasteiger partial charge is 0.326 e. The van der Waals surface area contributed by atoms with Crippen LogP contribution in [0.25, 0.3) is 5.69 Å². The van der Waals surface area contributed by atoms with Gasteiger partial charge in [0.25, 0.3) is 0 Å². The van der Waals surface area contributed by atoms with Crippen LogP contribution in [0.3, 0.4) is 0 Å². The Hall–Kier alpha value is -3.13. The number of hydrogen-bond donors (Lipinski definition) is 2. The van der Waals surface area contributed by atoms with Gasteiger partial charge in [-0.25, -0.2) is 0 Å². The zero-order valence-electron chi connectivity index (χ0n) is 18.2. The minimum Gasteiger partial charge on any atom is -0.326 e. The van der Waals surface area contributed by atoms with Crippen molar-refractivity contribution in [3.05, 3.63) is 59.9 Å². The first-order valence-electron chi connectivity index (χ1n) is 10.1. The Kier molecular flexibility index (Phi) is 7.46. The molecular formula is C23H27N5O2S. The van der Waals surface area contributed by atoms with E-state index in [0.29, 0.717) is 28.9 Å². The predicted octanol–water partition coefficient (Wildman–Crippen LogP) is 4.60. The predicted molar refractivity (Wildman–Crippen MR) is 125 cm³/mol. The van der Waals surface area contributed by atoms with Crippen molar-refractivity contribution in [2.24, 2.45) is 5.92 Å². The van der Waals surface area contributed by atoms with Crippen LogP contribution in [0.4, 0.5) is 11.4 Å². The lowest BCUT2D eigenvalue weighted by molar-refractivity contribution is -0.117. The molecule has 0 saturated heterocycles. The van der Waals surface area contributed by atoms with Crippen LogP contribution in [0.1, 0.15) is 31.7 Å². The Balaban J connectivity index is 1.56. The molecule has 0 radical (unpaired) electrons. The van der Waals surface area contributed by atoms with E-state index in [2.05, 4.69) is 20.8 Å². The average Bonchev–Trinajstić information content (AvgIpc) is 3.08. The van der Waals surface area contributed by atoms with Gasteiger partial charge in [-0.2, -0.15) is 0 Å². The number of benzene rings is 2. The quantitative estimate of drug-likeness (QED) is 0.503. The summed E-state index contributed by atoms with van der Waals surface area (Å²) in [5, 5.41) is 14.8. The molecule has 0 atom stereocenters. The fraction of sp³-hybridized carbons (Fsp3) is 0.304. The second-order valence-corrected chi connectivity index (χ2v) is 8.70. The summed E-state index contributed by atoms with van der Waals surface area (Å²) in [7, 11) is 0. The van der Waals surface area contributed by atoms with Crippen LogP contribution < -0.4 is 10.6 Å². The van der Waals surface area contributed by atoms with Gasteiger partial charge >= 0.3 is 0 Å². The van der Waals surface area contributed by atoms with Crippen LogP contribution in [0.2, 0.25) is 0 Å². The maximum absolute atomic E-state index is 12.4. The molecular weight excluding hydrogens is 410 g/mol. The summed E-state index contributed by atoms with van der Waals surface area (Å²) in [5.41, 5.74) is 3.52. The smallest absolute Gasteiger partial charge is 0.234 e. The molecule has 0 saturated carbocycles. The molecule has 8 heteroatoms. The average molecular weight is 438 g/mol. The van der Waals surface area contributed by atoms with E-state index in [4.69, 9.17) is 0 Å². The number of rotatable bonds is 8. The van der Waals surface area contributed by atoms with Gasteiger partial charge in [-0.3, -0.25) is 14.2 Å². The third-order valence-electron chi connectivity index (χ3n) is 4.47. The Labute approximate surface area is 186 Å². The van der Waals surface area contributed by atoms with Gasteiger partial charge in [0.2, 0.25) is 11.8 Å². The fourth-order valence-corrected chi connectivity index (χ4v) is 3.77. The van der Waals surface area contributed by atoms with E-state index in [0.717, 1.165) is 11.5 Å². The summed E-state index contributed by atoms with van der Waals surface area (Å²) in [4.78, 5) is 24.3. The summed E-state index contributed by atoms with van der Waals surface area (Å²) < 4.78 is 1.94.